The van der Waals surface area contributed by atoms with Crippen LogP contribution in [0.3, 0.4) is 0 Å². The zero-order valence-corrected chi connectivity index (χ0v) is 11.2. The molecule has 1 aromatic carbocycles. The van der Waals surface area contributed by atoms with E-state index in [-0.39, 0.29) is 16.7 Å². The highest BCUT2D eigenvalue weighted by Gasteiger charge is 2.14. The summed E-state index contributed by atoms with van der Waals surface area (Å²) in [6, 6.07) is 4.41. The molecule has 0 aliphatic carbocycles. The molecular weight excluding hydrogens is 283 g/mol. The Morgan fingerprint density at radius 1 is 1.45 bits per heavy atom. The maximum absolute atomic E-state index is 13.3. The van der Waals surface area contributed by atoms with Crippen LogP contribution in [-0.2, 0) is 11.8 Å². The molecule has 0 fully saturated rings. The summed E-state index contributed by atoms with van der Waals surface area (Å²) in [5, 5.41) is 17.5. The quantitative estimate of drug-likeness (QED) is 0.742. The number of thioether (sulfide) groups is 1. The molecular formula is C12H9FN4O2S. The van der Waals surface area contributed by atoms with E-state index < -0.39 is 5.97 Å². The predicted molar refractivity (Wildman–Crippen MR) is 72.1 cm³/mol. The summed E-state index contributed by atoms with van der Waals surface area (Å²) in [6.07, 6.45) is 0. The van der Waals surface area contributed by atoms with E-state index in [1.54, 1.807) is 17.7 Å². The minimum atomic E-state index is -0.946. The average Bonchev–Trinajstić information content (AvgIpc) is 2.69. The van der Waals surface area contributed by atoms with E-state index in [1.165, 1.54) is 12.1 Å². The second-order valence-corrected chi connectivity index (χ2v) is 5.11. The molecule has 0 radical (unpaired) electrons. The van der Waals surface area contributed by atoms with E-state index in [1.807, 2.05) is 0 Å². The number of benzene rings is 1. The largest absolute Gasteiger partial charge is 0.481 e. The Kier molecular flexibility index (Phi) is 3.01. The number of carboxylic acids is 1. The fourth-order valence-corrected chi connectivity index (χ4v) is 2.51. The van der Waals surface area contributed by atoms with E-state index in [0.717, 1.165) is 17.3 Å². The number of nitrogens with zero attached hydrogens (tertiary/aromatic N) is 4. The van der Waals surface area contributed by atoms with Crippen molar-refractivity contribution >= 4 is 39.8 Å². The third-order valence-electron chi connectivity index (χ3n) is 2.87. The molecule has 0 saturated carbocycles. The van der Waals surface area contributed by atoms with Gasteiger partial charge in [-0.25, -0.2) is 9.37 Å². The molecule has 0 aliphatic heterocycles. The molecule has 0 spiro atoms. The van der Waals surface area contributed by atoms with Gasteiger partial charge in [-0.15, -0.1) is 10.2 Å². The van der Waals surface area contributed by atoms with Gasteiger partial charge < -0.3 is 9.67 Å². The highest BCUT2D eigenvalue weighted by Crippen LogP contribution is 2.26. The van der Waals surface area contributed by atoms with E-state index >= 15 is 0 Å². The van der Waals surface area contributed by atoms with E-state index in [2.05, 4.69) is 15.2 Å². The fraction of sp³-hybridized carbons (Fsp3) is 0.167. The number of halogens is 1. The summed E-state index contributed by atoms with van der Waals surface area (Å²) in [6.45, 7) is 0. The van der Waals surface area contributed by atoms with Crippen LogP contribution in [0.5, 0.6) is 0 Å². The van der Waals surface area contributed by atoms with Crippen molar-refractivity contribution < 1.29 is 14.3 Å². The van der Waals surface area contributed by atoms with E-state index in [4.69, 9.17) is 5.11 Å². The molecule has 0 atom stereocenters. The molecule has 3 aromatic rings. The minimum absolute atomic E-state index is 0.133. The highest BCUT2D eigenvalue weighted by molar-refractivity contribution is 7.99. The van der Waals surface area contributed by atoms with Crippen molar-refractivity contribution in [2.45, 2.75) is 5.16 Å². The Hall–Kier alpha value is -2.22. The van der Waals surface area contributed by atoms with Gasteiger partial charge in [0.25, 0.3) is 0 Å². The third-order valence-corrected chi connectivity index (χ3v) is 3.69. The number of rotatable bonds is 3. The number of carbonyl (C=O) groups is 1. The molecule has 0 bridgehead atoms. The van der Waals surface area contributed by atoms with E-state index in [9.17, 15) is 9.18 Å². The second-order valence-electron chi connectivity index (χ2n) is 4.17. The lowest BCUT2D eigenvalue weighted by molar-refractivity contribution is -0.133. The van der Waals surface area contributed by atoms with Crippen LogP contribution in [0, 0.1) is 5.82 Å². The normalized spacial score (nSPS) is 11.3. The Bertz CT molecular complexity index is 833. The molecule has 0 unspecified atom stereocenters. The van der Waals surface area contributed by atoms with Crippen molar-refractivity contribution in [3.05, 3.63) is 24.0 Å². The van der Waals surface area contributed by atoms with Gasteiger partial charge in [0.2, 0.25) is 5.16 Å². The van der Waals surface area contributed by atoms with Gasteiger partial charge in [-0.2, -0.15) is 0 Å². The minimum Gasteiger partial charge on any atom is -0.481 e. The molecule has 1 N–H and O–H groups in total. The Labute approximate surface area is 116 Å². The first-order chi connectivity index (χ1) is 9.56. The lowest BCUT2D eigenvalue weighted by atomic mass is 10.2. The summed E-state index contributed by atoms with van der Waals surface area (Å²) in [4.78, 5) is 14.8. The van der Waals surface area contributed by atoms with Crippen LogP contribution in [0.2, 0.25) is 0 Å². The van der Waals surface area contributed by atoms with Crippen molar-refractivity contribution in [1.29, 1.82) is 0 Å². The number of hydrogen-bond donors (Lipinski definition) is 1. The van der Waals surface area contributed by atoms with Crippen LogP contribution < -0.4 is 0 Å². The second kappa shape index (κ2) is 4.71. The molecule has 0 aliphatic rings. The molecule has 2 heterocycles. The average molecular weight is 292 g/mol. The van der Waals surface area contributed by atoms with Crippen molar-refractivity contribution in [2.75, 3.05) is 5.75 Å². The van der Waals surface area contributed by atoms with Gasteiger partial charge in [0.05, 0.1) is 11.3 Å². The smallest absolute Gasteiger partial charge is 0.313 e. The summed E-state index contributed by atoms with van der Waals surface area (Å²) < 4.78 is 15.1. The lowest BCUT2D eigenvalue weighted by Crippen LogP contribution is -2.01. The van der Waals surface area contributed by atoms with Crippen LogP contribution in [0.15, 0.2) is 23.4 Å². The van der Waals surface area contributed by atoms with Crippen LogP contribution >= 0.6 is 11.8 Å². The standard InChI is InChI=1S/C12H9FN4O2S/c1-17-8-3-2-6(13)4-7(8)10-11(17)14-12(16-15-10)20-5-9(18)19/h2-4H,5H2,1H3,(H,18,19). The van der Waals surface area contributed by atoms with Crippen molar-refractivity contribution in [3.63, 3.8) is 0 Å². The maximum atomic E-state index is 13.3. The van der Waals surface area contributed by atoms with Gasteiger partial charge in [0, 0.05) is 12.4 Å². The van der Waals surface area contributed by atoms with Gasteiger partial charge >= 0.3 is 5.97 Å². The van der Waals surface area contributed by atoms with Crippen LogP contribution in [-0.4, -0.2) is 36.6 Å². The van der Waals surface area contributed by atoms with Crippen LogP contribution in [0.1, 0.15) is 0 Å². The van der Waals surface area contributed by atoms with Crippen molar-refractivity contribution in [2.24, 2.45) is 7.05 Å². The maximum Gasteiger partial charge on any atom is 0.313 e. The lowest BCUT2D eigenvalue weighted by Gasteiger charge is -1.98. The van der Waals surface area contributed by atoms with E-state index in [0.29, 0.717) is 16.6 Å². The predicted octanol–water partition coefficient (Wildman–Crippen LogP) is 1.83. The van der Waals surface area contributed by atoms with Gasteiger partial charge in [-0.1, -0.05) is 11.8 Å². The first-order valence-corrected chi connectivity index (χ1v) is 6.68. The van der Waals surface area contributed by atoms with Gasteiger partial charge in [0.1, 0.15) is 11.3 Å². The molecule has 0 saturated heterocycles. The molecule has 0 amide bonds. The summed E-state index contributed by atoms with van der Waals surface area (Å²) in [5.41, 5.74) is 1.85. The van der Waals surface area contributed by atoms with Crippen LogP contribution in [0.4, 0.5) is 4.39 Å². The fourth-order valence-electron chi connectivity index (χ4n) is 2.00. The number of hydrogen-bond acceptors (Lipinski definition) is 5. The van der Waals surface area contributed by atoms with Gasteiger partial charge in [-0.3, -0.25) is 4.79 Å². The zero-order valence-electron chi connectivity index (χ0n) is 10.4. The number of carboxylic acid groups (broad SMARTS) is 1. The summed E-state index contributed by atoms with van der Waals surface area (Å²) in [7, 11) is 1.79. The monoisotopic (exact) mass is 292 g/mol. The Morgan fingerprint density at radius 3 is 3.00 bits per heavy atom. The highest BCUT2D eigenvalue weighted by atomic mass is 32.2. The summed E-state index contributed by atoms with van der Waals surface area (Å²) in [5.74, 6) is -1.43. The van der Waals surface area contributed by atoms with Crippen molar-refractivity contribution in [3.8, 4) is 0 Å². The van der Waals surface area contributed by atoms with Gasteiger partial charge in [-0.05, 0) is 18.2 Å². The molecule has 3 rings (SSSR count). The molecule has 20 heavy (non-hydrogen) atoms. The first kappa shape index (κ1) is 12.8. The molecule has 8 heteroatoms. The Morgan fingerprint density at radius 2 is 2.25 bits per heavy atom. The number of aryl methyl sites for hydroxylation is 1. The third kappa shape index (κ3) is 2.07. The van der Waals surface area contributed by atoms with Crippen molar-refractivity contribution in [1.82, 2.24) is 19.7 Å². The van der Waals surface area contributed by atoms with Crippen LogP contribution in [0.25, 0.3) is 22.1 Å². The number of fused-ring (bicyclic) bond motifs is 3. The zero-order chi connectivity index (χ0) is 14.3. The number of aliphatic carboxylic acids is 1. The topological polar surface area (TPSA) is 80.9 Å². The number of aromatic nitrogens is 4. The summed E-state index contributed by atoms with van der Waals surface area (Å²) >= 11 is 0.993. The van der Waals surface area contributed by atoms with Gasteiger partial charge in [0.15, 0.2) is 5.65 Å². The molecule has 102 valence electrons. The molecule has 6 nitrogen and oxygen atoms in total. The SMILES string of the molecule is Cn1c2ccc(F)cc2c2nnc(SCC(=O)O)nc21. The Balaban J connectivity index is 2.17. The first-order valence-electron chi connectivity index (χ1n) is 5.69. The molecule has 2 aromatic heterocycles.